The Bertz CT molecular complexity index is 484. The Balaban J connectivity index is 2.31. The van der Waals surface area contributed by atoms with Gasteiger partial charge >= 0.3 is 0 Å². The summed E-state index contributed by atoms with van der Waals surface area (Å²) in [6, 6.07) is 1.97. The third kappa shape index (κ3) is 2.29. The number of hydrogen-bond acceptors (Lipinski definition) is 4. The summed E-state index contributed by atoms with van der Waals surface area (Å²) in [4.78, 5) is 4.21. The molecule has 0 spiro atoms. The molecule has 5 heteroatoms. The predicted molar refractivity (Wildman–Crippen MR) is 64.2 cm³/mol. The highest BCUT2D eigenvalue weighted by molar-refractivity contribution is 9.09. The van der Waals surface area contributed by atoms with Crippen LogP contribution in [0.2, 0.25) is 0 Å². The van der Waals surface area contributed by atoms with E-state index in [1.54, 1.807) is 12.4 Å². The molecule has 4 nitrogen and oxygen atoms in total. The van der Waals surface area contributed by atoms with Crippen LogP contribution in [-0.2, 0) is 0 Å². The molecule has 0 bridgehead atoms. The van der Waals surface area contributed by atoms with Gasteiger partial charge < -0.3 is 4.42 Å². The van der Waals surface area contributed by atoms with E-state index in [1.165, 1.54) is 0 Å². The minimum atomic E-state index is 0.117. The van der Waals surface area contributed by atoms with Crippen molar-refractivity contribution >= 4 is 15.9 Å². The van der Waals surface area contributed by atoms with E-state index in [2.05, 4.69) is 38.0 Å². The molecule has 0 aliphatic carbocycles. The second-order valence-electron chi connectivity index (χ2n) is 3.57. The Labute approximate surface area is 102 Å². The number of halogens is 1. The molecule has 0 N–H and O–H groups in total. The number of pyridine rings is 1. The molecule has 0 saturated heterocycles. The van der Waals surface area contributed by atoms with Crippen molar-refractivity contribution in [3.8, 4) is 11.5 Å². The average Bonchev–Trinajstić information content (AvgIpc) is 2.77. The average molecular weight is 282 g/mol. The standard InChI is InChI=1S/C11H12BrN3O/c1-3-9(12)11-15-14-10(16-11)8-4-7(2)5-13-6-8/h4-6,9H,3H2,1-2H3. The maximum absolute atomic E-state index is 5.57. The lowest BCUT2D eigenvalue weighted by Gasteiger charge is -1.98. The molecule has 0 aliphatic heterocycles. The fourth-order valence-electron chi connectivity index (χ4n) is 1.32. The number of nitrogens with zero attached hydrogens (tertiary/aromatic N) is 3. The lowest BCUT2D eigenvalue weighted by molar-refractivity contribution is 0.500. The molecule has 2 rings (SSSR count). The third-order valence-electron chi connectivity index (χ3n) is 2.19. The van der Waals surface area contributed by atoms with Crippen LogP contribution in [0.5, 0.6) is 0 Å². The number of rotatable bonds is 3. The van der Waals surface area contributed by atoms with Crippen molar-refractivity contribution in [2.45, 2.75) is 25.1 Å². The SMILES string of the molecule is CCC(Br)c1nnc(-c2cncc(C)c2)o1. The second-order valence-corrected chi connectivity index (χ2v) is 4.68. The van der Waals surface area contributed by atoms with E-state index >= 15 is 0 Å². The van der Waals surface area contributed by atoms with Crippen LogP contribution in [0.1, 0.15) is 29.6 Å². The molecule has 1 unspecified atom stereocenters. The molecule has 2 aromatic rings. The van der Waals surface area contributed by atoms with Crippen LogP contribution in [0.15, 0.2) is 22.9 Å². The lowest BCUT2D eigenvalue weighted by atomic mass is 10.2. The van der Waals surface area contributed by atoms with Crippen molar-refractivity contribution in [3.63, 3.8) is 0 Å². The number of aromatic nitrogens is 3. The van der Waals surface area contributed by atoms with Crippen LogP contribution in [0.3, 0.4) is 0 Å². The minimum absolute atomic E-state index is 0.117. The Kier molecular flexibility index (Phi) is 3.33. The Morgan fingerprint density at radius 2 is 2.19 bits per heavy atom. The van der Waals surface area contributed by atoms with Crippen molar-refractivity contribution in [3.05, 3.63) is 29.9 Å². The summed E-state index contributed by atoms with van der Waals surface area (Å²) in [5, 5.41) is 8.01. The monoisotopic (exact) mass is 281 g/mol. The van der Waals surface area contributed by atoms with Crippen molar-refractivity contribution < 1.29 is 4.42 Å². The molecule has 2 aromatic heterocycles. The van der Waals surface area contributed by atoms with Gasteiger partial charge in [0, 0.05) is 12.4 Å². The van der Waals surface area contributed by atoms with Gasteiger partial charge in [0.1, 0.15) is 0 Å². The minimum Gasteiger partial charge on any atom is -0.419 e. The Morgan fingerprint density at radius 3 is 2.88 bits per heavy atom. The first-order valence-corrected chi connectivity index (χ1v) is 6.01. The third-order valence-corrected chi connectivity index (χ3v) is 3.23. The van der Waals surface area contributed by atoms with Crippen molar-refractivity contribution in [2.75, 3.05) is 0 Å². The summed E-state index contributed by atoms with van der Waals surface area (Å²) in [6.07, 6.45) is 4.42. The number of hydrogen-bond donors (Lipinski definition) is 0. The number of alkyl halides is 1. The lowest BCUT2D eigenvalue weighted by Crippen LogP contribution is -1.86. The smallest absolute Gasteiger partial charge is 0.249 e. The first kappa shape index (κ1) is 11.3. The summed E-state index contributed by atoms with van der Waals surface area (Å²) < 4.78 is 5.57. The highest BCUT2D eigenvalue weighted by atomic mass is 79.9. The molecular formula is C11H12BrN3O. The highest BCUT2D eigenvalue weighted by Gasteiger charge is 2.14. The molecule has 2 heterocycles. The molecule has 0 aromatic carbocycles. The fourth-order valence-corrected chi connectivity index (χ4v) is 1.51. The van der Waals surface area contributed by atoms with Crippen LogP contribution >= 0.6 is 15.9 Å². The predicted octanol–water partition coefficient (Wildman–Crippen LogP) is 3.29. The summed E-state index contributed by atoms with van der Waals surface area (Å²) in [5.41, 5.74) is 1.93. The molecule has 0 amide bonds. The maximum atomic E-state index is 5.57. The van der Waals surface area contributed by atoms with Gasteiger partial charge in [-0.15, -0.1) is 10.2 Å². The maximum Gasteiger partial charge on any atom is 0.249 e. The molecular weight excluding hydrogens is 270 g/mol. The molecule has 16 heavy (non-hydrogen) atoms. The Morgan fingerprint density at radius 1 is 1.38 bits per heavy atom. The zero-order valence-electron chi connectivity index (χ0n) is 9.14. The summed E-state index contributed by atoms with van der Waals surface area (Å²) in [5.74, 6) is 1.13. The van der Waals surface area contributed by atoms with E-state index < -0.39 is 0 Å². The van der Waals surface area contributed by atoms with E-state index in [1.807, 2.05) is 13.0 Å². The van der Waals surface area contributed by atoms with Gasteiger partial charge in [-0.05, 0) is 25.0 Å². The van der Waals surface area contributed by atoms with E-state index in [9.17, 15) is 0 Å². The summed E-state index contributed by atoms with van der Waals surface area (Å²) in [6.45, 7) is 4.03. The van der Waals surface area contributed by atoms with E-state index in [0.29, 0.717) is 11.8 Å². The Hall–Kier alpha value is -1.23. The van der Waals surface area contributed by atoms with Crippen molar-refractivity contribution in [2.24, 2.45) is 0 Å². The van der Waals surface area contributed by atoms with Gasteiger partial charge in [-0.1, -0.05) is 22.9 Å². The molecule has 0 saturated carbocycles. The van der Waals surface area contributed by atoms with Crippen LogP contribution in [-0.4, -0.2) is 15.2 Å². The van der Waals surface area contributed by atoms with Gasteiger partial charge in [-0.3, -0.25) is 4.98 Å². The first-order valence-electron chi connectivity index (χ1n) is 5.10. The van der Waals surface area contributed by atoms with Crippen LogP contribution in [0, 0.1) is 6.92 Å². The normalized spacial score (nSPS) is 12.7. The van der Waals surface area contributed by atoms with E-state index in [-0.39, 0.29) is 4.83 Å². The van der Waals surface area contributed by atoms with Gasteiger partial charge in [0.2, 0.25) is 11.8 Å². The van der Waals surface area contributed by atoms with Gasteiger partial charge in [0.25, 0.3) is 0 Å². The number of aryl methyl sites for hydroxylation is 1. The van der Waals surface area contributed by atoms with E-state index in [0.717, 1.165) is 17.5 Å². The van der Waals surface area contributed by atoms with Gasteiger partial charge in [-0.25, -0.2) is 0 Å². The molecule has 0 fully saturated rings. The van der Waals surface area contributed by atoms with Crippen LogP contribution < -0.4 is 0 Å². The zero-order chi connectivity index (χ0) is 11.5. The topological polar surface area (TPSA) is 51.8 Å². The summed E-state index contributed by atoms with van der Waals surface area (Å²) >= 11 is 3.47. The van der Waals surface area contributed by atoms with E-state index in [4.69, 9.17) is 4.42 Å². The molecule has 0 aliphatic rings. The summed E-state index contributed by atoms with van der Waals surface area (Å²) in [7, 11) is 0. The van der Waals surface area contributed by atoms with Crippen LogP contribution in [0.4, 0.5) is 0 Å². The quantitative estimate of drug-likeness (QED) is 0.810. The molecule has 1 atom stereocenters. The highest BCUT2D eigenvalue weighted by Crippen LogP contribution is 2.27. The van der Waals surface area contributed by atoms with Gasteiger partial charge in [-0.2, -0.15) is 0 Å². The zero-order valence-corrected chi connectivity index (χ0v) is 10.7. The molecule has 0 radical (unpaired) electrons. The largest absolute Gasteiger partial charge is 0.419 e. The molecule has 84 valence electrons. The van der Waals surface area contributed by atoms with Crippen molar-refractivity contribution in [1.29, 1.82) is 0 Å². The van der Waals surface area contributed by atoms with Gasteiger partial charge in [0.05, 0.1) is 10.4 Å². The first-order chi connectivity index (χ1) is 7.70. The van der Waals surface area contributed by atoms with Gasteiger partial charge in [0.15, 0.2) is 0 Å². The van der Waals surface area contributed by atoms with Crippen LogP contribution in [0.25, 0.3) is 11.5 Å². The fraction of sp³-hybridized carbons (Fsp3) is 0.364. The van der Waals surface area contributed by atoms with Crippen molar-refractivity contribution in [1.82, 2.24) is 15.2 Å². The second kappa shape index (κ2) is 4.74.